The van der Waals surface area contributed by atoms with E-state index >= 15 is 0 Å². The summed E-state index contributed by atoms with van der Waals surface area (Å²) in [5.41, 5.74) is 3.43. The zero-order chi connectivity index (χ0) is 18.8. The number of aromatic amines is 1. The molecule has 3 aromatic heterocycles. The van der Waals surface area contributed by atoms with Gasteiger partial charge in [-0.3, -0.25) is 14.9 Å². The molecule has 0 unspecified atom stereocenters. The van der Waals surface area contributed by atoms with Crippen molar-refractivity contribution in [3.8, 4) is 17.1 Å². The van der Waals surface area contributed by atoms with Gasteiger partial charge in [0.1, 0.15) is 11.5 Å². The third kappa shape index (κ3) is 3.32. The predicted octanol–water partition coefficient (Wildman–Crippen LogP) is 3.36. The number of aryl methyl sites for hydroxylation is 1. The summed E-state index contributed by atoms with van der Waals surface area (Å²) >= 11 is 0. The van der Waals surface area contributed by atoms with Gasteiger partial charge >= 0.3 is 0 Å². The Morgan fingerprint density at radius 1 is 1.22 bits per heavy atom. The van der Waals surface area contributed by atoms with E-state index in [9.17, 15) is 9.18 Å². The van der Waals surface area contributed by atoms with Crippen molar-refractivity contribution in [2.24, 2.45) is 0 Å². The number of carbonyl (C=O) groups is 1. The van der Waals surface area contributed by atoms with Crippen molar-refractivity contribution in [3.05, 3.63) is 78.1 Å². The molecular formula is C19H15FN6O. The van der Waals surface area contributed by atoms with Gasteiger partial charge in [-0.2, -0.15) is 10.2 Å². The van der Waals surface area contributed by atoms with E-state index in [4.69, 9.17) is 0 Å². The highest BCUT2D eigenvalue weighted by Gasteiger charge is 2.16. The van der Waals surface area contributed by atoms with Gasteiger partial charge in [0.05, 0.1) is 23.3 Å². The Hall–Kier alpha value is -3.81. The summed E-state index contributed by atoms with van der Waals surface area (Å²) in [4.78, 5) is 16.8. The van der Waals surface area contributed by atoms with Gasteiger partial charge in [-0.1, -0.05) is 6.07 Å². The molecule has 134 valence electrons. The van der Waals surface area contributed by atoms with Crippen LogP contribution in [0.1, 0.15) is 16.1 Å². The van der Waals surface area contributed by atoms with Gasteiger partial charge in [-0.05, 0) is 48.9 Å². The molecule has 4 aromatic rings. The Kier molecular flexibility index (Phi) is 4.21. The molecule has 0 saturated carbocycles. The Morgan fingerprint density at radius 3 is 2.89 bits per heavy atom. The Labute approximate surface area is 153 Å². The number of anilines is 1. The van der Waals surface area contributed by atoms with E-state index in [-0.39, 0.29) is 17.4 Å². The van der Waals surface area contributed by atoms with Gasteiger partial charge in [0.25, 0.3) is 5.91 Å². The van der Waals surface area contributed by atoms with Crippen molar-refractivity contribution in [3.63, 3.8) is 0 Å². The van der Waals surface area contributed by atoms with E-state index in [1.54, 1.807) is 36.1 Å². The fourth-order valence-corrected chi connectivity index (χ4v) is 2.73. The molecule has 0 aliphatic carbocycles. The molecule has 0 aliphatic rings. The molecule has 27 heavy (non-hydrogen) atoms. The van der Waals surface area contributed by atoms with Crippen LogP contribution in [0.4, 0.5) is 10.1 Å². The van der Waals surface area contributed by atoms with Crippen LogP contribution < -0.4 is 5.32 Å². The lowest BCUT2D eigenvalue weighted by Gasteiger charge is -2.06. The van der Waals surface area contributed by atoms with E-state index in [0.717, 1.165) is 5.56 Å². The minimum atomic E-state index is -0.382. The standard InChI is InChI=1S/C19H15FN6O/c1-12-10-13(20)5-6-17(12)26-9-7-15(25-26)19(27)23-16-11-22-24-18(16)14-4-2-3-8-21-14/h2-11H,1H3,(H,22,24)(H,23,27). The first kappa shape index (κ1) is 16.6. The quantitative estimate of drug-likeness (QED) is 0.583. The third-order valence-electron chi connectivity index (χ3n) is 4.04. The third-order valence-corrected chi connectivity index (χ3v) is 4.04. The number of nitrogens with zero attached hydrogens (tertiary/aromatic N) is 4. The molecule has 0 bridgehead atoms. The van der Waals surface area contributed by atoms with Crippen LogP contribution in [0.2, 0.25) is 0 Å². The molecule has 0 spiro atoms. The van der Waals surface area contributed by atoms with E-state index in [0.29, 0.717) is 22.8 Å². The zero-order valence-electron chi connectivity index (χ0n) is 14.3. The molecule has 4 rings (SSSR count). The highest BCUT2D eigenvalue weighted by molar-refractivity contribution is 6.04. The smallest absolute Gasteiger partial charge is 0.276 e. The number of amides is 1. The van der Waals surface area contributed by atoms with Crippen LogP contribution >= 0.6 is 0 Å². The van der Waals surface area contributed by atoms with Crippen molar-refractivity contribution < 1.29 is 9.18 Å². The second-order valence-corrected chi connectivity index (χ2v) is 5.90. The second-order valence-electron chi connectivity index (χ2n) is 5.90. The van der Waals surface area contributed by atoms with Crippen LogP contribution in [0, 0.1) is 12.7 Å². The lowest BCUT2D eigenvalue weighted by Crippen LogP contribution is -2.13. The summed E-state index contributed by atoms with van der Waals surface area (Å²) in [5.74, 6) is -0.699. The normalized spacial score (nSPS) is 10.7. The van der Waals surface area contributed by atoms with Crippen molar-refractivity contribution in [2.45, 2.75) is 6.92 Å². The maximum absolute atomic E-state index is 13.3. The fourth-order valence-electron chi connectivity index (χ4n) is 2.73. The largest absolute Gasteiger partial charge is 0.317 e. The first-order valence-electron chi connectivity index (χ1n) is 8.20. The predicted molar refractivity (Wildman–Crippen MR) is 98.0 cm³/mol. The number of carbonyl (C=O) groups excluding carboxylic acids is 1. The molecule has 0 fully saturated rings. The average Bonchev–Trinajstić information content (AvgIpc) is 3.32. The maximum Gasteiger partial charge on any atom is 0.276 e. The van der Waals surface area contributed by atoms with Gasteiger partial charge in [-0.15, -0.1) is 0 Å². The van der Waals surface area contributed by atoms with Crippen LogP contribution in [-0.4, -0.2) is 30.9 Å². The number of aromatic nitrogens is 5. The van der Waals surface area contributed by atoms with Crippen LogP contribution in [0.25, 0.3) is 17.1 Å². The Morgan fingerprint density at radius 2 is 2.11 bits per heavy atom. The summed E-state index contributed by atoms with van der Waals surface area (Å²) in [6.45, 7) is 1.78. The summed E-state index contributed by atoms with van der Waals surface area (Å²) in [6.07, 6.45) is 4.84. The van der Waals surface area contributed by atoms with Crippen LogP contribution in [0.3, 0.4) is 0 Å². The van der Waals surface area contributed by atoms with E-state index in [1.165, 1.54) is 18.3 Å². The average molecular weight is 362 g/mol. The lowest BCUT2D eigenvalue weighted by molar-refractivity contribution is 0.102. The van der Waals surface area contributed by atoms with Gasteiger partial charge in [-0.25, -0.2) is 9.07 Å². The summed E-state index contributed by atoms with van der Waals surface area (Å²) in [7, 11) is 0. The molecule has 7 nitrogen and oxygen atoms in total. The van der Waals surface area contributed by atoms with E-state index < -0.39 is 0 Å². The Bertz CT molecular complexity index is 1100. The maximum atomic E-state index is 13.3. The highest BCUT2D eigenvalue weighted by atomic mass is 19.1. The molecular weight excluding hydrogens is 347 g/mol. The molecule has 0 radical (unpaired) electrons. The first-order valence-corrected chi connectivity index (χ1v) is 8.20. The minimum absolute atomic E-state index is 0.229. The summed E-state index contributed by atoms with van der Waals surface area (Å²) < 4.78 is 14.8. The first-order chi connectivity index (χ1) is 13.1. The number of halogens is 1. The molecule has 2 N–H and O–H groups in total. The minimum Gasteiger partial charge on any atom is -0.317 e. The second kappa shape index (κ2) is 6.83. The van der Waals surface area contributed by atoms with Crippen molar-refractivity contribution in [1.82, 2.24) is 25.0 Å². The van der Waals surface area contributed by atoms with Crippen LogP contribution in [0.5, 0.6) is 0 Å². The van der Waals surface area contributed by atoms with Crippen molar-refractivity contribution in [2.75, 3.05) is 5.32 Å². The number of rotatable bonds is 4. The lowest BCUT2D eigenvalue weighted by atomic mass is 10.2. The van der Waals surface area contributed by atoms with Gasteiger partial charge in [0, 0.05) is 12.4 Å². The SMILES string of the molecule is Cc1cc(F)ccc1-n1ccc(C(=O)Nc2cn[nH]c2-c2ccccn2)n1. The van der Waals surface area contributed by atoms with Crippen LogP contribution in [-0.2, 0) is 0 Å². The van der Waals surface area contributed by atoms with Crippen molar-refractivity contribution in [1.29, 1.82) is 0 Å². The molecule has 3 heterocycles. The van der Waals surface area contributed by atoms with E-state index in [1.807, 2.05) is 18.2 Å². The molecule has 8 heteroatoms. The fraction of sp³-hybridized carbons (Fsp3) is 0.0526. The van der Waals surface area contributed by atoms with Gasteiger partial charge in [0.15, 0.2) is 5.69 Å². The summed E-state index contributed by atoms with van der Waals surface area (Å²) in [5, 5.41) is 13.9. The molecule has 1 amide bonds. The zero-order valence-corrected chi connectivity index (χ0v) is 14.3. The molecule has 0 atom stereocenters. The summed E-state index contributed by atoms with van der Waals surface area (Å²) in [6, 6.07) is 11.5. The van der Waals surface area contributed by atoms with Gasteiger partial charge in [0.2, 0.25) is 0 Å². The number of hydrogen-bond acceptors (Lipinski definition) is 4. The Balaban J connectivity index is 1.57. The number of benzene rings is 1. The highest BCUT2D eigenvalue weighted by Crippen LogP contribution is 2.23. The van der Waals surface area contributed by atoms with E-state index in [2.05, 4.69) is 25.6 Å². The van der Waals surface area contributed by atoms with Crippen molar-refractivity contribution >= 4 is 11.6 Å². The number of hydrogen-bond donors (Lipinski definition) is 2. The molecule has 0 aliphatic heterocycles. The number of H-pyrrole nitrogens is 1. The molecule has 1 aromatic carbocycles. The topological polar surface area (TPSA) is 88.5 Å². The number of nitrogens with one attached hydrogen (secondary N) is 2. The van der Waals surface area contributed by atoms with Gasteiger partial charge < -0.3 is 5.32 Å². The monoisotopic (exact) mass is 362 g/mol. The molecule has 0 saturated heterocycles. The van der Waals surface area contributed by atoms with Crippen LogP contribution in [0.15, 0.2) is 61.1 Å². The number of pyridine rings is 1.